The Bertz CT molecular complexity index is 961. The standard InChI is InChI=1S/C18H21N3O6S/c1-14-6-3-4-9-17(14)27-11-10-19-18(22)13-20(28(2,25)26)15-7-5-8-16(12-15)21(23)24/h3-9,12H,10-11,13H2,1-2H3,(H,19,22). The van der Waals surface area contributed by atoms with Gasteiger partial charge in [0.15, 0.2) is 0 Å². The number of nitro benzene ring substituents is 1. The van der Waals surface area contributed by atoms with E-state index in [4.69, 9.17) is 4.74 Å². The lowest BCUT2D eigenvalue weighted by atomic mass is 10.2. The Hall–Kier alpha value is -3.14. The molecule has 0 spiro atoms. The summed E-state index contributed by atoms with van der Waals surface area (Å²) in [6, 6.07) is 12.5. The van der Waals surface area contributed by atoms with E-state index in [1.165, 1.54) is 18.2 Å². The number of para-hydroxylation sites is 1. The highest BCUT2D eigenvalue weighted by Gasteiger charge is 2.22. The van der Waals surface area contributed by atoms with Crippen LogP contribution in [0, 0.1) is 17.0 Å². The Kier molecular flexibility index (Phi) is 6.94. The lowest BCUT2D eigenvalue weighted by Crippen LogP contribution is -2.41. The number of non-ortho nitro benzene ring substituents is 1. The molecule has 0 aromatic heterocycles. The molecular formula is C18H21N3O6S. The number of aryl methyl sites for hydroxylation is 1. The third-order valence-corrected chi connectivity index (χ3v) is 4.93. The van der Waals surface area contributed by atoms with E-state index < -0.39 is 27.4 Å². The number of amides is 1. The zero-order chi connectivity index (χ0) is 20.7. The number of nitrogens with one attached hydrogen (secondary N) is 1. The number of anilines is 1. The van der Waals surface area contributed by atoms with Crippen LogP contribution in [0.25, 0.3) is 0 Å². The van der Waals surface area contributed by atoms with Crippen molar-refractivity contribution in [1.82, 2.24) is 5.32 Å². The monoisotopic (exact) mass is 407 g/mol. The molecule has 0 bridgehead atoms. The number of ether oxygens (including phenoxy) is 1. The van der Waals surface area contributed by atoms with Crippen molar-refractivity contribution in [3.63, 3.8) is 0 Å². The number of carbonyl (C=O) groups excluding carboxylic acids is 1. The molecular weight excluding hydrogens is 386 g/mol. The fourth-order valence-corrected chi connectivity index (χ4v) is 3.27. The van der Waals surface area contributed by atoms with Crippen LogP contribution in [-0.2, 0) is 14.8 Å². The van der Waals surface area contributed by atoms with Gasteiger partial charge in [-0.05, 0) is 24.6 Å². The molecule has 0 saturated carbocycles. The van der Waals surface area contributed by atoms with Crippen LogP contribution in [0.1, 0.15) is 5.56 Å². The molecule has 0 aliphatic rings. The van der Waals surface area contributed by atoms with Crippen molar-refractivity contribution in [2.24, 2.45) is 0 Å². The van der Waals surface area contributed by atoms with E-state index in [0.29, 0.717) is 5.75 Å². The molecule has 2 rings (SSSR count). The van der Waals surface area contributed by atoms with E-state index in [2.05, 4.69) is 5.32 Å². The van der Waals surface area contributed by atoms with Crippen molar-refractivity contribution in [1.29, 1.82) is 0 Å². The van der Waals surface area contributed by atoms with Crippen LogP contribution in [0.2, 0.25) is 0 Å². The molecule has 0 fully saturated rings. The number of rotatable bonds is 9. The maximum absolute atomic E-state index is 12.2. The van der Waals surface area contributed by atoms with Gasteiger partial charge in [-0.3, -0.25) is 19.2 Å². The van der Waals surface area contributed by atoms with Gasteiger partial charge in [-0.15, -0.1) is 0 Å². The molecule has 0 unspecified atom stereocenters. The summed E-state index contributed by atoms with van der Waals surface area (Å²) in [5.41, 5.74) is 0.740. The number of hydrogen-bond donors (Lipinski definition) is 1. The van der Waals surface area contributed by atoms with Crippen molar-refractivity contribution in [2.45, 2.75) is 6.92 Å². The number of nitrogens with zero attached hydrogens (tertiary/aromatic N) is 2. The summed E-state index contributed by atoms with van der Waals surface area (Å²) >= 11 is 0. The number of carbonyl (C=O) groups is 1. The second kappa shape index (κ2) is 9.18. The highest BCUT2D eigenvalue weighted by atomic mass is 32.2. The summed E-state index contributed by atoms with van der Waals surface area (Å²) in [4.78, 5) is 22.4. The van der Waals surface area contributed by atoms with Gasteiger partial charge in [0.2, 0.25) is 15.9 Å². The lowest BCUT2D eigenvalue weighted by Gasteiger charge is -2.21. The molecule has 0 saturated heterocycles. The number of nitro groups is 1. The minimum Gasteiger partial charge on any atom is -0.491 e. The molecule has 1 N–H and O–H groups in total. The molecule has 0 aliphatic heterocycles. The van der Waals surface area contributed by atoms with E-state index in [1.807, 2.05) is 31.2 Å². The van der Waals surface area contributed by atoms with Gasteiger partial charge in [-0.1, -0.05) is 24.3 Å². The summed E-state index contributed by atoms with van der Waals surface area (Å²) in [6.07, 6.45) is 0.931. The lowest BCUT2D eigenvalue weighted by molar-refractivity contribution is -0.384. The van der Waals surface area contributed by atoms with E-state index in [-0.39, 0.29) is 24.5 Å². The first-order chi connectivity index (χ1) is 13.2. The van der Waals surface area contributed by atoms with E-state index in [1.54, 1.807) is 0 Å². The molecule has 1 amide bonds. The largest absolute Gasteiger partial charge is 0.491 e. The first-order valence-corrected chi connectivity index (χ1v) is 10.2. The van der Waals surface area contributed by atoms with Gasteiger partial charge in [0, 0.05) is 12.1 Å². The van der Waals surface area contributed by atoms with Crippen LogP contribution >= 0.6 is 0 Å². The SMILES string of the molecule is Cc1ccccc1OCCNC(=O)CN(c1cccc([N+](=O)[O-])c1)S(C)(=O)=O. The van der Waals surface area contributed by atoms with Crippen molar-refractivity contribution < 1.29 is 22.9 Å². The average molecular weight is 407 g/mol. The average Bonchev–Trinajstić information content (AvgIpc) is 2.63. The summed E-state index contributed by atoms with van der Waals surface area (Å²) in [7, 11) is -3.82. The van der Waals surface area contributed by atoms with Crippen LogP contribution in [0.5, 0.6) is 5.75 Å². The number of hydrogen-bond acceptors (Lipinski definition) is 6. The van der Waals surface area contributed by atoms with E-state index >= 15 is 0 Å². The van der Waals surface area contributed by atoms with Crippen molar-refractivity contribution in [2.75, 3.05) is 30.3 Å². The van der Waals surface area contributed by atoms with Crippen molar-refractivity contribution in [3.8, 4) is 5.75 Å². The fourth-order valence-electron chi connectivity index (χ4n) is 2.42. The molecule has 0 radical (unpaired) electrons. The van der Waals surface area contributed by atoms with Crippen LogP contribution in [0.4, 0.5) is 11.4 Å². The van der Waals surface area contributed by atoms with Gasteiger partial charge >= 0.3 is 0 Å². The van der Waals surface area contributed by atoms with Crippen LogP contribution < -0.4 is 14.4 Å². The normalized spacial score (nSPS) is 10.9. The zero-order valence-corrected chi connectivity index (χ0v) is 16.3. The molecule has 0 atom stereocenters. The first-order valence-electron chi connectivity index (χ1n) is 8.36. The van der Waals surface area contributed by atoms with Gasteiger partial charge in [0.05, 0.1) is 23.4 Å². The van der Waals surface area contributed by atoms with Gasteiger partial charge in [-0.2, -0.15) is 0 Å². The second-order valence-electron chi connectivity index (χ2n) is 6.01. The molecule has 0 heterocycles. The summed E-state index contributed by atoms with van der Waals surface area (Å²) < 4.78 is 30.5. The summed E-state index contributed by atoms with van der Waals surface area (Å²) in [5.74, 6) is 0.149. The summed E-state index contributed by atoms with van der Waals surface area (Å²) in [5, 5.41) is 13.5. The Balaban J connectivity index is 1.97. The minimum absolute atomic E-state index is 0.0445. The third-order valence-electron chi connectivity index (χ3n) is 3.79. The van der Waals surface area contributed by atoms with Crippen LogP contribution in [-0.4, -0.2) is 45.2 Å². The van der Waals surface area contributed by atoms with Gasteiger partial charge in [0.1, 0.15) is 18.9 Å². The van der Waals surface area contributed by atoms with Crippen LogP contribution in [0.3, 0.4) is 0 Å². The fraction of sp³-hybridized carbons (Fsp3) is 0.278. The topological polar surface area (TPSA) is 119 Å². The Morgan fingerprint density at radius 1 is 1.21 bits per heavy atom. The quantitative estimate of drug-likeness (QED) is 0.385. The predicted octanol–water partition coefficient (Wildman–Crippen LogP) is 1.86. The smallest absolute Gasteiger partial charge is 0.271 e. The molecule has 150 valence electrons. The van der Waals surface area contributed by atoms with Crippen molar-refractivity contribution in [3.05, 3.63) is 64.2 Å². The molecule has 10 heteroatoms. The highest BCUT2D eigenvalue weighted by molar-refractivity contribution is 7.92. The predicted molar refractivity (Wildman–Crippen MR) is 105 cm³/mol. The molecule has 2 aromatic carbocycles. The van der Waals surface area contributed by atoms with Gasteiger partial charge < -0.3 is 10.1 Å². The maximum atomic E-state index is 12.2. The molecule has 9 nitrogen and oxygen atoms in total. The number of benzene rings is 2. The third kappa shape index (κ3) is 5.95. The summed E-state index contributed by atoms with van der Waals surface area (Å²) in [6.45, 7) is 1.80. The van der Waals surface area contributed by atoms with Gasteiger partial charge in [0.25, 0.3) is 5.69 Å². The minimum atomic E-state index is -3.82. The molecule has 28 heavy (non-hydrogen) atoms. The van der Waals surface area contributed by atoms with Crippen LogP contribution in [0.15, 0.2) is 48.5 Å². The Morgan fingerprint density at radius 3 is 2.57 bits per heavy atom. The van der Waals surface area contributed by atoms with Gasteiger partial charge in [-0.25, -0.2) is 8.42 Å². The molecule has 2 aromatic rings. The van der Waals surface area contributed by atoms with Crippen molar-refractivity contribution >= 4 is 27.3 Å². The molecule has 0 aliphatic carbocycles. The second-order valence-corrected chi connectivity index (χ2v) is 7.92. The Morgan fingerprint density at radius 2 is 1.93 bits per heavy atom. The number of sulfonamides is 1. The highest BCUT2D eigenvalue weighted by Crippen LogP contribution is 2.23. The zero-order valence-electron chi connectivity index (χ0n) is 15.5. The first kappa shape index (κ1) is 21.2. The van der Waals surface area contributed by atoms with E-state index in [0.717, 1.165) is 22.2 Å². The maximum Gasteiger partial charge on any atom is 0.271 e. The Labute approximate surface area is 163 Å². The van der Waals surface area contributed by atoms with E-state index in [9.17, 15) is 23.3 Å².